The number of hydrogen-bond donors (Lipinski definition) is 2. The SMILES string of the molecule is CNCc1c(C)oc(C)c1S(=O)(=O)NC1(C)CCCCC1. The van der Waals surface area contributed by atoms with E-state index < -0.39 is 10.0 Å². The number of aryl methyl sites for hydroxylation is 2. The third kappa shape index (κ3) is 3.49. The summed E-state index contributed by atoms with van der Waals surface area (Å²) >= 11 is 0. The molecule has 0 radical (unpaired) electrons. The molecule has 2 rings (SSSR count). The van der Waals surface area contributed by atoms with Crippen molar-refractivity contribution in [2.45, 2.75) is 69.9 Å². The van der Waals surface area contributed by atoms with Crippen LogP contribution < -0.4 is 10.0 Å². The zero-order valence-corrected chi connectivity index (χ0v) is 14.2. The maximum atomic E-state index is 12.8. The Morgan fingerprint density at radius 2 is 1.76 bits per heavy atom. The number of nitrogens with one attached hydrogen (secondary N) is 2. The first-order chi connectivity index (χ1) is 9.79. The Kier molecular flexibility index (Phi) is 4.80. The van der Waals surface area contributed by atoms with Gasteiger partial charge in [-0.25, -0.2) is 13.1 Å². The van der Waals surface area contributed by atoms with Gasteiger partial charge >= 0.3 is 0 Å². The van der Waals surface area contributed by atoms with Crippen LogP contribution in [-0.2, 0) is 16.6 Å². The van der Waals surface area contributed by atoms with E-state index in [0.29, 0.717) is 23.0 Å². The van der Waals surface area contributed by atoms with Crippen LogP contribution in [-0.4, -0.2) is 21.0 Å². The third-order valence-corrected chi connectivity index (χ3v) is 6.12. The summed E-state index contributed by atoms with van der Waals surface area (Å²) in [6, 6.07) is 0. The van der Waals surface area contributed by atoms with E-state index in [9.17, 15) is 8.42 Å². The van der Waals surface area contributed by atoms with Crippen LogP contribution in [0.15, 0.2) is 9.31 Å². The molecule has 1 aliphatic carbocycles. The minimum Gasteiger partial charge on any atom is -0.465 e. The highest BCUT2D eigenvalue weighted by molar-refractivity contribution is 7.89. The molecule has 1 heterocycles. The molecule has 5 nitrogen and oxygen atoms in total. The first-order valence-corrected chi connectivity index (χ1v) is 9.05. The Bertz CT molecular complexity index is 599. The van der Waals surface area contributed by atoms with Crippen LogP contribution in [0.4, 0.5) is 0 Å². The van der Waals surface area contributed by atoms with Crippen LogP contribution >= 0.6 is 0 Å². The van der Waals surface area contributed by atoms with Crippen molar-refractivity contribution in [3.8, 4) is 0 Å². The van der Waals surface area contributed by atoms with Crippen LogP contribution in [0.2, 0.25) is 0 Å². The van der Waals surface area contributed by atoms with Crippen molar-refractivity contribution in [2.75, 3.05) is 7.05 Å². The second-order valence-corrected chi connectivity index (χ2v) is 7.90. The summed E-state index contributed by atoms with van der Waals surface area (Å²) in [4.78, 5) is 0.307. The molecule has 2 N–H and O–H groups in total. The minimum absolute atomic E-state index is 0.307. The van der Waals surface area contributed by atoms with Crippen LogP contribution in [0, 0.1) is 13.8 Å². The van der Waals surface area contributed by atoms with E-state index in [1.54, 1.807) is 20.9 Å². The maximum Gasteiger partial charge on any atom is 0.244 e. The molecular weight excluding hydrogens is 288 g/mol. The molecule has 120 valence electrons. The summed E-state index contributed by atoms with van der Waals surface area (Å²) in [6.07, 6.45) is 5.12. The van der Waals surface area contributed by atoms with Crippen molar-refractivity contribution in [3.63, 3.8) is 0 Å². The Morgan fingerprint density at radius 3 is 2.33 bits per heavy atom. The predicted octanol–water partition coefficient (Wildman–Crippen LogP) is 2.62. The number of hydrogen-bond acceptors (Lipinski definition) is 4. The molecule has 0 spiro atoms. The molecule has 0 aliphatic heterocycles. The zero-order valence-electron chi connectivity index (χ0n) is 13.4. The Labute approximate surface area is 127 Å². The van der Waals surface area contributed by atoms with Gasteiger partial charge in [0.15, 0.2) is 0 Å². The average molecular weight is 314 g/mol. The van der Waals surface area contributed by atoms with Gasteiger partial charge in [-0.3, -0.25) is 0 Å². The van der Waals surface area contributed by atoms with Crippen molar-refractivity contribution in [2.24, 2.45) is 0 Å². The Balaban J connectivity index is 2.35. The fraction of sp³-hybridized carbons (Fsp3) is 0.733. The highest BCUT2D eigenvalue weighted by atomic mass is 32.2. The second kappa shape index (κ2) is 6.10. The quantitative estimate of drug-likeness (QED) is 0.876. The number of sulfonamides is 1. The van der Waals surface area contributed by atoms with E-state index in [-0.39, 0.29) is 5.54 Å². The molecule has 1 aliphatic rings. The molecule has 1 saturated carbocycles. The standard InChI is InChI=1S/C15H26N2O3S/c1-11-13(10-16-4)14(12(2)20-11)21(18,19)17-15(3)8-6-5-7-9-15/h16-17H,5-10H2,1-4H3. The lowest BCUT2D eigenvalue weighted by Gasteiger charge is -2.34. The molecular formula is C15H26N2O3S. The third-order valence-electron chi connectivity index (χ3n) is 4.29. The van der Waals surface area contributed by atoms with Crippen LogP contribution in [0.1, 0.15) is 56.1 Å². The van der Waals surface area contributed by atoms with Gasteiger partial charge in [-0.2, -0.15) is 0 Å². The molecule has 0 aromatic carbocycles. The molecule has 6 heteroatoms. The van der Waals surface area contributed by atoms with Gasteiger partial charge < -0.3 is 9.73 Å². The molecule has 0 bridgehead atoms. The monoisotopic (exact) mass is 314 g/mol. The summed E-state index contributed by atoms with van der Waals surface area (Å²) < 4.78 is 34.1. The minimum atomic E-state index is -3.56. The van der Waals surface area contributed by atoms with E-state index in [0.717, 1.165) is 31.2 Å². The summed E-state index contributed by atoms with van der Waals surface area (Å²) in [5.41, 5.74) is 0.382. The number of furan rings is 1. The van der Waals surface area contributed by atoms with E-state index in [1.807, 2.05) is 6.92 Å². The fourth-order valence-corrected chi connectivity index (χ4v) is 5.17. The lowest BCUT2D eigenvalue weighted by Crippen LogP contribution is -2.47. The highest BCUT2D eigenvalue weighted by Crippen LogP contribution is 2.32. The predicted molar refractivity (Wildman–Crippen MR) is 82.8 cm³/mol. The van der Waals surface area contributed by atoms with E-state index in [1.165, 1.54) is 6.42 Å². The second-order valence-electron chi connectivity index (χ2n) is 6.28. The fourth-order valence-electron chi connectivity index (χ4n) is 3.25. The average Bonchev–Trinajstić information content (AvgIpc) is 2.65. The van der Waals surface area contributed by atoms with Crippen molar-refractivity contribution >= 4 is 10.0 Å². The smallest absolute Gasteiger partial charge is 0.244 e. The first-order valence-electron chi connectivity index (χ1n) is 7.56. The molecule has 1 fully saturated rings. The van der Waals surface area contributed by atoms with E-state index in [4.69, 9.17) is 4.42 Å². The molecule has 0 saturated heterocycles. The van der Waals surface area contributed by atoms with E-state index in [2.05, 4.69) is 10.0 Å². The molecule has 21 heavy (non-hydrogen) atoms. The van der Waals surface area contributed by atoms with Gasteiger partial charge in [0.1, 0.15) is 16.4 Å². The molecule has 0 atom stereocenters. The van der Waals surface area contributed by atoms with Gasteiger partial charge in [-0.15, -0.1) is 0 Å². The first kappa shape index (κ1) is 16.5. The summed E-state index contributed by atoms with van der Waals surface area (Å²) in [7, 11) is -1.77. The largest absolute Gasteiger partial charge is 0.465 e. The number of rotatable bonds is 5. The normalized spacial score (nSPS) is 18.9. The van der Waals surface area contributed by atoms with Crippen molar-refractivity contribution in [1.82, 2.24) is 10.0 Å². The van der Waals surface area contributed by atoms with Crippen molar-refractivity contribution < 1.29 is 12.8 Å². The summed E-state index contributed by atoms with van der Waals surface area (Å²) in [5, 5.41) is 3.01. The summed E-state index contributed by atoms with van der Waals surface area (Å²) in [5.74, 6) is 1.13. The lowest BCUT2D eigenvalue weighted by atomic mass is 9.84. The molecule has 0 amide bonds. The molecule has 1 aromatic rings. The van der Waals surface area contributed by atoms with Gasteiger partial charge in [0.05, 0.1) is 0 Å². The molecule has 0 unspecified atom stereocenters. The van der Waals surface area contributed by atoms with Crippen LogP contribution in [0.5, 0.6) is 0 Å². The van der Waals surface area contributed by atoms with Crippen LogP contribution in [0.3, 0.4) is 0 Å². The van der Waals surface area contributed by atoms with E-state index >= 15 is 0 Å². The topological polar surface area (TPSA) is 71.3 Å². The Morgan fingerprint density at radius 1 is 1.14 bits per heavy atom. The summed E-state index contributed by atoms with van der Waals surface area (Å²) in [6.45, 7) is 6.00. The van der Waals surface area contributed by atoms with Gasteiger partial charge in [-0.05, 0) is 40.7 Å². The van der Waals surface area contributed by atoms with Gasteiger partial charge in [0, 0.05) is 17.6 Å². The zero-order chi connectivity index (χ0) is 15.7. The van der Waals surface area contributed by atoms with Crippen molar-refractivity contribution in [3.05, 3.63) is 17.1 Å². The van der Waals surface area contributed by atoms with Gasteiger partial charge in [0.25, 0.3) is 0 Å². The highest BCUT2D eigenvalue weighted by Gasteiger charge is 2.35. The van der Waals surface area contributed by atoms with Gasteiger partial charge in [0.2, 0.25) is 10.0 Å². The maximum absolute atomic E-state index is 12.8. The van der Waals surface area contributed by atoms with Crippen LogP contribution in [0.25, 0.3) is 0 Å². The van der Waals surface area contributed by atoms with Crippen molar-refractivity contribution in [1.29, 1.82) is 0 Å². The molecule has 1 aromatic heterocycles. The van der Waals surface area contributed by atoms with Gasteiger partial charge in [-0.1, -0.05) is 19.3 Å². The Hall–Kier alpha value is -0.850. The lowest BCUT2D eigenvalue weighted by molar-refractivity contribution is 0.293.